The molecule has 0 bridgehead atoms. The molecule has 0 spiro atoms. The van der Waals surface area contributed by atoms with E-state index >= 15 is 0 Å². The summed E-state index contributed by atoms with van der Waals surface area (Å²) < 4.78 is 12.9. The first-order chi connectivity index (χ1) is 15.3. The number of hydrogen-bond acceptors (Lipinski definition) is 5. The van der Waals surface area contributed by atoms with Crippen molar-refractivity contribution in [1.29, 1.82) is 0 Å². The third kappa shape index (κ3) is 5.10. The van der Waals surface area contributed by atoms with E-state index in [4.69, 9.17) is 9.47 Å². The Morgan fingerprint density at radius 1 is 0.968 bits per heavy atom. The molecule has 1 atom stereocenters. The lowest BCUT2D eigenvalue weighted by Gasteiger charge is -2.34. The van der Waals surface area contributed by atoms with Crippen molar-refractivity contribution in [3.63, 3.8) is 0 Å². The Bertz CT molecular complexity index is 940. The van der Waals surface area contributed by atoms with Gasteiger partial charge in [0, 0.05) is 12.7 Å². The van der Waals surface area contributed by atoms with Crippen LogP contribution in [0, 0.1) is 0 Å². The van der Waals surface area contributed by atoms with Crippen LogP contribution in [0.15, 0.2) is 54.6 Å². The van der Waals surface area contributed by atoms with Crippen molar-refractivity contribution in [2.75, 3.05) is 47.0 Å². The lowest BCUT2D eigenvalue weighted by molar-refractivity contribution is -1.03. The Hall–Kier alpha value is -2.81. The molecule has 164 valence electrons. The Balaban J connectivity index is 1.56. The summed E-state index contributed by atoms with van der Waals surface area (Å²) in [7, 11) is 3.42. The molecule has 8 heteroatoms. The van der Waals surface area contributed by atoms with Gasteiger partial charge in [0.05, 0.1) is 25.8 Å². The van der Waals surface area contributed by atoms with Gasteiger partial charge in [-0.05, 0) is 22.6 Å². The average Bonchev–Trinajstić information content (AvgIpc) is 3.28. The first-order valence-corrected chi connectivity index (χ1v) is 10.9. The molecule has 2 heterocycles. The number of methoxy groups -OCH3 is 2. The van der Waals surface area contributed by atoms with Crippen LogP contribution in [-0.2, 0) is 17.8 Å². The topological polar surface area (TPSA) is 70.9 Å². The van der Waals surface area contributed by atoms with Crippen molar-refractivity contribution in [2.45, 2.75) is 19.1 Å². The Kier molecular flexibility index (Phi) is 7.24. The van der Waals surface area contributed by atoms with Crippen LogP contribution in [0.3, 0.4) is 0 Å². The van der Waals surface area contributed by atoms with Gasteiger partial charge in [0.2, 0.25) is 5.82 Å². The Morgan fingerprint density at radius 3 is 2.45 bits per heavy atom. The molecule has 0 unspecified atom stereocenters. The number of nitrogens with one attached hydrogen (secondary N) is 2. The molecule has 31 heavy (non-hydrogen) atoms. The lowest BCUT2D eigenvalue weighted by atomic mass is 10.0. The van der Waals surface area contributed by atoms with Crippen LogP contribution in [0.5, 0.6) is 5.75 Å². The normalized spacial score (nSPS) is 19.8. The SMILES string of the molecule is COCCn1nnnc1[C@H](c1ccccc1OC)[NH+]1CC[NH+](Cc2ccccc2)CC1. The fourth-order valence-corrected chi connectivity index (χ4v) is 4.48. The molecule has 4 rings (SSSR count). The number of rotatable bonds is 9. The molecule has 3 aromatic rings. The largest absolute Gasteiger partial charge is 0.496 e. The Labute approximate surface area is 183 Å². The highest BCUT2D eigenvalue weighted by Crippen LogP contribution is 2.26. The minimum absolute atomic E-state index is 0.0151. The molecule has 8 nitrogen and oxygen atoms in total. The second kappa shape index (κ2) is 10.5. The summed E-state index contributed by atoms with van der Waals surface area (Å²) in [5.41, 5.74) is 2.52. The molecule has 1 fully saturated rings. The summed E-state index contributed by atoms with van der Waals surface area (Å²) in [6.45, 7) is 6.57. The molecular weight excluding hydrogens is 392 g/mol. The van der Waals surface area contributed by atoms with Gasteiger partial charge in [-0.25, -0.2) is 4.68 Å². The quantitative estimate of drug-likeness (QED) is 0.480. The zero-order valence-corrected chi connectivity index (χ0v) is 18.3. The number of aromatic nitrogens is 4. The van der Waals surface area contributed by atoms with E-state index in [0.717, 1.165) is 49.9 Å². The van der Waals surface area contributed by atoms with Gasteiger partial charge in [0.15, 0.2) is 6.04 Å². The smallest absolute Gasteiger partial charge is 0.214 e. The van der Waals surface area contributed by atoms with Crippen LogP contribution in [-0.4, -0.2) is 67.2 Å². The number of nitrogens with zero attached hydrogens (tertiary/aromatic N) is 4. The molecule has 1 aliphatic rings. The maximum atomic E-state index is 5.72. The monoisotopic (exact) mass is 424 g/mol. The van der Waals surface area contributed by atoms with E-state index in [1.165, 1.54) is 10.5 Å². The van der Waals surface area contributed by atoms with Crippen LogP contribution in [0.2, 0.25) is 0 Å². The van der Waals surface area contributed by atoms with E-state index < -0.39 is 0 Å². The van der Waals surface area contributed by atoms with Crippen LogP contribution >= 0.6 is 0 Å². The average molecular weight is 425 g/mol. The summed E-state index contributed by atoms with van der Waals surface area (Å²) in [5.74, 6) is 1.74. The molecule has 1 aromatic heterocycles. The van der Waals surface area contributed by atoms with Gasteiger partial charge in [-0.15, -0.1) is 5.10 Å². The summed E-state index contributed by atoms with van der Waals surface area (Å²) >= 11 is 0. The third-order valence-electron chi connectivity index (χ3n) is 6.08. The van der Waals surface area contributed by atoms with Crippen molar-refractivity contribution >= 4 is 0 Å². The van der Waals surface area contributed by atoms with Gasteiger partial charge in [0.1, 0.15) is 38.5 Å². The number of para-hydroxylation sites is 1. The number of piperazine rings is 1. The van der Waals surface area contributed by atoms with E-state index in [-0.39, 0.29) is 6.04 Å². The molecule has 1 saturated heterocycles. The molecule has 1 aliphatic heterocycles. The van der Waals surface area contributed by atoms with Crippen LogP contribution in [0.25, 0.3) is 0 Å². The summed E-state index contributed by atoms with van der Waals surface area (Å²) in [6.07, 6.45) is 0. The molecule has 0 saturated carbocycles. The van der Waals surface area contributed by atoms with Crippen molar-refractivity contribution < 1.29 is 19.3 Å². The van der Waals surface area contributed by atoms with Gasteiger partial charge < -0.3 is 19.3 Å². The van der Waals surface area contributed by atoms with Crippen molar-refractivity contribution in [1.82, 2.24) is 20.2 Å². The molecular formula is C23H32N6O2+2. The summed E-state index contributed by atoms with van der Waals surface area (Å²) in [4.78, 5) is 3.09. The van der Waals surface area contributed by atoms with Gasteiger partial charge in [-0.1, -0.05) is 42.5 Å². The van der Waals surface area contributed by atoms with Crippen molar-refractivity contribution in [2.24, 2.45) is 0 Å². The maximum absolute atomic E-state index is 5.72. The van der Waals surface area contributed by atoms with Crippen LogP contribution in [0.4, 0.5) is 0 Å². The number of hydrogen-bond donors (Lipinski definition) is 2. The fraction of sp³-hybridized carbons (Fsp3) is 0.435. The zero-order valence-electron chi connectivity index (χ0n) is 18.3. The Morgan fingerprint density at radius 2 is 1.71 bits per heavy atom. The zero-order chi connectivity index (χ0) is 21.5. The molecule has 2 N–H and O–H groups in total. The van der Waals surface area contributed by atoms with Crippen LogP contribution in [0.1, 0.15) is 23.0 Å². The second-order valence-corrected chi connectivity index (χ2v) is 8.00. The van der Waals surface area contributed by atoms with Crippen LogP contribution < -0.4 is 14.5 Å². The predicted octanol–water partition coefficient (Wildman–Crippen LogP) is -0.599. The highest BCUT2D eigenvalue weighted by Gasteiger charge is 2.37. The van der Waals surface area contributed by atoms with Gasteiger partial charge in [-0.2, -0.15) is 0 Å². The molecule has 0 aliphatic carbocycles. The highest BCUT2D eigenvalue weighted by molar-refractivity contribution is 5.37. The minimum Gasteiger partial charge on any atom is -0.496 e. The number of ether oxygens (including phenoxy) is 2. The van der Waals surface area contributed by atoms with E-state index in [1.807, 2.05) is 16.8 Å². The summed E-state index contributed by atoms with van der Waals surface area (Å²) in [6, 6.07) is 19.0. The third-order valence-corrected chi connectivity index (χ3v) is 6.08. The van der Waals surface area contributed by atoms with Crippen molar-refractivity contribution in [3.05, 3.63) is 71.5 Å². The first kappa shape index (κ1) is 21.4. The van der Waals surface area contributed by atoms with Gasteiger partial charge >= 0.3 is 0 Å². The van der Waals surface area contributed by atoms with E-state index in [9.17, 15) is 0 Å². The first-order valence-electron chi connectivity index (χ1n) is 10.9. The molecule has 0 radical (unpaired) electrons. The number of tetrazole rings is 1. The predicted molar refractivity (Wildman–Crippen MR) is 116 cm³/mol. The lowest BCUT2D eigenvalue weighted by Crippen LogP contribution is -3.27. The number of benzene rings is 2. The standard InChI is InChI=1S/C23H30N6O2/c1-30-17-16-29-23(24-25-26-29)22(20-10-6-7-11-21(20)31-2)28-14-12-27(13-15-28)18-19-8-4-3-5-9-19/h3-11,22H,12-18H2,1-2H3/p+2/t22-/m0/s1. The van der Waals surface area contributed by atoms with Crippen molar-refractivity contribution in [3.8, 4) is 5.75 Å². The van der Waals surface area contributed by atoms with E-state index in [2.05, 4.69) is 58.0 Å². The van der Waals surface area contributed by atoms with Gasteiger partial charge in [0.25, 0.3) is 0 Å². The molecule has 2 aromatic carbocycles. The molecule has 0 amide bonds. The van der Waals surface area contributed by atoms with Gasteiger partial charge in [-0.3, -0.25) is 0 Å². The maximum Gasteiger partial charge on any atom is 0.214 e. The highest BCUT2D eigenvalue weighted by atomic mass is 16.5. The second-order valence-electron chi connectivity index (χ2n) is 8.00. The van der Waals surface area contributed by atoms with E-state index in [1.54, 1.807) is 19.1 Å². The van der Waals surface area contributed by atoms with E-state index in [0.29, 0.717) is 13.2 Å². The minimum atomic E-state index is 0.0151. The number of quaternary nitrogens is 2. The fourth-order valence-electron chi connectivity index (χ4n) is 4.48. The summed E-state index contributed by atoms with van der Waals surface area (Å²) in [5, 5.41) is 12.7.